The number of benzene rings is 1. The van der Waals surface area contributed by atoms with Crippen LogP contribution in [0.3, 0.4) is 0 Å². The molecule has 1 aliphatic rings. The molecule has 106 valence electrons. The minimum Gasteiger partial charge on any atom is -0.488 e. The Morgan fingerprint density at radius 2 is 2.21 bits per heavy atom. The summed E-state index contributed by atoms with van der Waals surface area (Å²) in [5.74, 6) is 0.0652. The van der Waals surface area contributed by atoms with Crippen LogP contribution in [0.1, 0.15) is 12.8 Å². The van der Waals surface area contributed by atoms with Crippen molar-refractivity contribution in [2.45, 2.75) is 23.8 Å². The van der Waals surface area contributed by atoms with Gasteiger partial charge < -0.3 is 9.47 Å². The average Bonchev–Trinajstić information content (AvgIpc) is 2.78. The van der Waals surface area contributed by atoms with Crippen LogP contribution in [0, 0.1) is 0 Å². The lowest BCUT2D eigenvalue weighted by atomic mass is 10.2. The SMILES string of the molecule is O=S(=O)(Cl)c1cc(Br)cc(Cl)c1OCC1CCCO1. The summed E-state index contributed by atoms with van der Waals surface area (Å²) in [5.41, 5.74) is 0. The highest BCUT2D eigenvalue weighted by Gasteiger charge is 2.23. The van der Waals surface area contributed by atoms with E-state index in [-0.39, 0.29) is 28.4 Å². The molecule has 19 heavy (non-hydrogen) atoms. The van der Waals surface area contributed by atoms with Crippen molar-refractivity contribution in [3.8, 4) is 5.75 Å². The largest absolute Gasteiger partial charge is 0.488 e. The van der Waals surface area contributed by atoms with Crippen LogP contribution in [0.25, 0.3) is 0 Å². The van der Waals surface area contributed by atoms with E-state index < -0.39 is 9.05 Å². The molecule has 0 radical (unpaired) electrons. The third kappa shape index (κ3) is 3.98. The number of hydrogen-bond donors (Lipinski definition) is 0. The Bertz CT molecular complexity index is 570. The van der Waals surface area contributed by atoms with Gasteiger partial charge >= 0.3 is 0 Å². The van der Waals surface area contributed by atoms with Gasteiger partial charge in [-0.15, -0.1) is 0 Å². The second-order valence-corrected chi connectivity index (χ2v) is 7.96. The molecule has 2 rings (SSSR count). The predicted molar refractivity (Wildman–Crippen MR) is 76.7 cm³/mol. The van der Waals surface area contributed by atoms with Gasteiger partial charge in [-0.3, -0.25) is 0 Å². The first kappa shape index (κ1) is 15.4. The highest BCUT2D eigenvalue weighted by Crippen LogP contribution is 2.37. The maximum Gasteiger partial charge on any atom is 0.265 e. The molecule has 4 nitrogen and oxygen atoms in total. The summed E-state index contributed by atoms with van der Waals surface area (Å²) in [4.78, 5) is -0.147. The molecule has 1 aromatic rings. The number of hydrogen-bond acceptors (Lipinski definition) is 4. The van der Waals surface area contributed by atoms with Gasteiger partial charge in [0, 0.05) is 21.8 Å². The fourth-order valence-corrected chi connectivity index (χ4v) is 3.88. The third-order valence-corrected chi connectivity index (χ3v) is 4.74. The lowest BCUT2D eigenvalue weighted by Gasteiger charge is -2.15. The Balaban J connectivity index is 2.27. The number of halogens is 3. The molecule has 1 fully saturated rings. The topological polar surface area (TPSA) is 52.6 Å². The second-order valence-electron chi connectivity index (χ2n) is 4.10. The molecular formula is C11H11BrCl2O4S. The molecule has 1 unspecified atom stereocenters. The highest BCUT2D eigenvalue weighted by atomic mass is 79.9. The summed E-state index contributed by atoms with van der Waals surface area (Å²) in [6, 6.07) is 2.91. The van der Waals surface area contributed by atoms with Crippen molar-refractivity contribution < 1.29 is 17.9 Å². The molecular weight excluding hydrogens is 379 g/mol. The third-order valence-electron chi connectivity index (χ3n) is 2.67. The molecule has 0 bridgehead atoms. The normalized spacial score (nSPS) is 19.6. The Morgan fingerprint density at radius 3 is 2.79 bits per heavy atom. The van der Waals surface area contributed by atoms with Crippen molar-refractivity contribution in [1.29, 1.82) is 0 Å². The van der Waals surface area contributed by atoms with Crippen molar-refractivity contribution in [3.05, 3.63) is 21.6 Å². The van der Waals surface area contributed by atoms with E-state index >= 15 is 0 Å². The summed E-state index contributed by atoms with van der Waals surface area (Å²) in [7, 11) is 1.45. The zero-order valence-corrected chi connectivity index (χ0v) is 13.6. The van der Waals surface area contributed by atoms with Gasteiger partial charge in [0.2, 0.25) is 0 Å². The molecule has 1 aromatic carbocycles. The van der Waals surface area contributed by atoms with E-state index in [0.29, 0.717) is 11.1 Å². The maximum atomic E-state index is 11.5. The summed E-state index contributed by atoms with van der Waals surface area (Å²) in [6.07, 6.45) is 1.82. The van der Waals surface area contributed by atoms with Gasteiger partial charge in [-0.1, -0.05) is 27.5 Å². The van der Waals surface area contributed by atoms with Crippen molar-refractivity contribution in [1.82, 2.24) is 0 Å². The average molecular weight is 390 g/mol. The Morgan fingerprint density at radius 1 is 1.47 bits per heavy atom. The van der Waals surface area contributed by atoms with Gasteiger partial charge in [-0.2, -0.15) is 0 Å². The van der Waals surface area contributed by atoms with Gasteiger partial charge in [0.25, 0.3) is 9.05 Å². The molecule has 0 spiro atoms. The molecule has 0 amide bonds. The number of rotatable bonds is 4. The van der Waals surface area contributed by atoms with Crippen LogP contribution in [-0.4, -0.2) is 27.7 Å². The molecule has 0 aromatic heterocycles. The Labute approximate surface area is 129 Å². The molecule has 0 saturated carbocycles. The quantitative estimate of drug-likeness (QED) is 0.738. The van der Waals surface area contributed by atoms with E-state index in [4.69, 9.17) is 31.8 Å². The first-order valence-electron chi connectivity index (χ1n) is 5.56. The van der Waals surface area contributed by atoms with Crippen molar-refractivity contribution >= 4 is 47.3 Å². The monoisotopic (exact) mass is 388 g/mol. The lowest BCUT2D eigenvalue weighted by molar-refractivity contribution is 0.0670. The van der Waals surface area contributed by atoms with Crippen LogP contribution in [-0.2, 0) is 13.8 Å². The molecule has 1 atom stereocenters. The van der Waals surface area contributed by atoms with E-state index in [1.807, 2.05) is 0 Å². The van der Waals surface area contributed by atoms with Crippen LogP contribution in [0.4, 0.5) is 0 Å². The summed E-state index contributed by atoms with van der Waals surface area (Å²) in [5, 5.41) is 0.187. The van der Waals surface area contributed by atoms with Crippen LogP contribution >= 0.6 is 38.2 Å². The van der Waals surface area contributed by atoms with Gasteiger partial charge in [-0.25, -0.2) is 8.42 Å². The van der Waals surface area contributed by atoms with Crippen LogP contribution in [0.2, 0.25) is 5.02 Å². The minimum atomic E-state index is -3.93. The first-order chi connectivity index (χ1) is 8.88. The summed E-state index contributed by atoms with van der Waals surface area (Å²) >= 11 is 9.18. The zero-order valence-electron chi connectivity index (χ0n) is 9.74. The Hall–Kier alpha value is -0.0100. The smallest absolute Gasteiger partial charge is 0.265 e. The standard InChI is InChI=1S/C11H11BrCl2O4S/c12-7-4-9(13)11(10(5-7)19(14,15)16)18-6-8-2-1-3-17-8/h4-5,8H,1-3,6H2. The fourth-order valence-electron chi connectivity index (χ4n) is 1.81. The summed E-state index contributed by atoms with van der Waals surface area (Å²) in [6.45, 7) is 0.948. The molecule has 0 aliphatic carbocycles. The lowest BCUT2D eigenvalue weighted by Crippen LogP contribution is -2.17. The van der Waals surface area contributed by atoms with E-state index in [9.17, 15) is 8.42 Å². The molecule has 1 heterocycles. The molecule has 1 saturated heterocycles. The first-order valence-corrected chi connectivity index (χ1v) is 9.04. The second kappa shape index (κ2) is 6.18. The molecule has 0 N–H and O–H groups in total. The van der Waals surface area contributed by atoms with Crippen LogP contribution < -0.4 is 4.74 Å². The zero-order chi connectivity index (χ0) is 14.0. The Kier molecular flexibility index (Phi) is 5.00. The van der Waals surface area contributed by atoms with Gasteiger partial charge in [0.1, 0.15) is 11.5 Å². The van der Waals surface area contributed by atoms with Crippen molar-refractivity contribution in [2.24, 2.45) is 0 Å². The highest BCUT2D eigenvalue weighted by molar-refractivity contribution is 9.10. The van der Waals surface area contributed by atoms with Crippen molar-refractivity contribution in [3.63, 3.8) is 0 Å². The van der Waals surface area contributed by atoms with Crippen LogP contribution in [0.15, 0.2) is 21.5 Å². The van der Waals surface area contributed by atoms with E-state index in [0.717, 1.165) is 12.8 Å². The van der Waals surface area contributed by atoms with E-state index in [2.05, 4.69) is 15.9 Å². The molecule has 1 aliphatic heterocycles. The van der Waals surface area contributed by atoms with Gasteiger partial charge in [0.15, 0.2) is 5.75 Å². The number of ether oxygens (including phenoxy) is 2. The fraction of sp³-hybridized carbons (Fsp3) is 0.455. The van der Waals surface area contributed by atoms with Crippen molar-refractivity contribution in [2.75, 3.05) is 13.2 Å². The van der Waals surface area contributed by atoms with Gasteiger partial charge in [-0.05, 0) is 25.0 Å². The van der Waals surface area contributed by atoms with Gasteiger partial charge in [0.05, 0.1) is 11.1 Å². The summed E-state index contributed by atoms with van der Waals surface area (Å²) < 4.78 is 34.5. The minimum absolute atomic E-state index is 0.0365. The van der Waals surface area contributed by atoms with Crippen LogP contribution in [0.5, 0.6) is 5.75 Å². The van der Waals surface area contributed by atoms with E-state index in [1.165, 1.54) is 6.07 Å². The maximum absolute atomic E-state index is 11.5. The molecule has 8 heteroatoms. The predicted octanol–water partition coefficient (Wildman–Crippen LogP) is 3.59. The van der Waals surface area contributed by atoms with E-state index in [1.54, 1.807) is 6.07 Å².